The minimum Gasteiger partial charge on any atom is -0.360 e. The normalized spacial score (nSPS) is 16.6. The number of imidazole rings is 1. The van der Waals surface area contributed by atoms with E-state index >= 15 is 0 Å². The van der Waals surface area contributed by atoms with Crippen LogP contribution < -0.4 is 5.32 Å². The lowest BCUT2D eigenvalue weighted by atomic mass is 9.77. The van der Waals surface area contributed by atoms with Gasteiger partial charge in [0.05, 0.1) is 12.0 Å². The van der Waals surface area contributed by atoms with Gasteiger partial charge in [0.15, 0.2) is 0 Å². The Balaban J connectivity index is 1.72. The highest BCUT2D eigenvalue weighted by atomic mass is 16.5. The molecule has 0 spiro atoms. The van der Waals surface area contributed by atoms with Crippen molar-refractivity contribution in [3.8, 4) is 0 Å². The van der Waals surface area contributed by atoms with Crippen molar-refractivity contribution in [3.05, 3.63) is 126 Å². The minimum absolute atomic E-state index is 0.0543. The van der Waals surface area contributed by atoms with Crippen LogP contribution in [0.1, 0.15) is 28.5 Å². The molecular formula is C26H23N3O2. The van der Waals surface area contributed by atoms with E-state index in [1.807, 2.05) is 30.7 Å². The van der Waals surface area contributed by atoms with Crippen LogP contribution in [0.5, 0.6) is 0 Å². The number of ether oxygens (including phenoxy) is 1. The van der Waals surface area contributed by atoms with E-state index < -0.39 is 5.54 Å². The molecule has 4 aromatic rings. The molecular weight excluding hydrogens is 386 g/mol. The number of morpholine rings is 1. The molecule has 1 N–H and O–H groups in total. The number of amides is 1. The van der Waals surface area contributed by atoms with Crippen LogP contribution >= 0.6 is 0 Å². The summed E-state index contributed by atoms with van der Waals surface area (Å²) in [6.07, 6.45) is 3.64. The number of nitrogens with zero attached hydrogens (tertiary/aromatic N) is 2. The van der Waals surface area contributed by atoms with Gasteiger partial charge in [-0.15, -0.1) is 0 Å². The maximum Gasteiger partial charge on any atom is 0.246 e. The van der Waals surface area contributed by atoms with Crippen LogP contribution in [0.3, 0.4) is 0 Å². The summed E-state index contributed by atoms with van der Waals surface area (Å²) in [5.74, 6) is -0.0945. The van der Waals surface area contributed by atoms with Crippen molar-refractivity contribution in [2.24, 2.45) is 0 Å². The minimum atomic E-state index is -0.604. The maximum atomic E-state index is 11.5. The Morgan fingerprint density at radius 2 is 1.35 bits per heavy atom. The summed E-state index contributed by atoms with van der Waals surface area (Å²) in [7, 11) is 0. The molecule has 0 saturated carbocycles. The third-order valence-corrected chi connectivity index (χ3v) is 5.79. The SMILES string of the molecule is O=C1COC(c2cn(C(c3ccccc3)(c3ccccc3)c3ccccc3)cn2)CN1. The number of hydrogen-bond acceptors (Lipinski definition) is 3. The van der Waals surface area contributed by atoms with Crippen molar-refractivity contribution in [1.29, 1.82) is 0 Å². The third kappa shape index (κ3) is 3.43. The first kappa shape index (κ1) is 19.3. The molecule has 1 aromatic heterocycles. The smallest absolute Gasteiger partial charge is 0.246 e. The number of hydrogen-bond donors (Lipinski definition) is 1. The number of rotatable bonds is 5. The van der Waals surface area contributed by atoms with Gasteiger partial charge in [0.1, 0.15) is 18.2 Å². The maximum absolute atomic E-state index is 11.5. The van der Waals surface area contributed by atoms with Crippen molar-refractivity contribution >= 4 is 5.91 Å². The van der Waals surface area contributed by atoms with E-state index in [-0.39, 0.29) is 18.6 Å². The molecule has 5 heteroatoms. The molecule has 1 aliphatic rings. The Labute approximate surface area is 181 Å². The lowest BCUT2D eigenvalue weighted by molar-refractivity contribution is -0.133. The molecule has 1 unspecified atom stereocenters. The first-order valence-electron chi connectivity index (χ1n) is 10.4. The summed E-state index contributed by atoms with van der Waals surface area (Å²) < 4.78 is 7.89. The molecule has 2 heterocycles. The Morgan fingerprint density at radius 3 is 1.81 bits per heavy atom. The first-order chi connectivity index (χ1) is 15.3. The fourth-order valence-electron chi connectivity index (χ4n) is 4.36. The van der Waals surface area contributed by atoms with Gasteiger partial charge in [0.25, 0.3) is 0 Å². The third-order valence-electron chi connectivity index (χ3n) is 5.79. The first-order valence-corrected chi connectivity index (χ1v) is 10.4. The van der Waals surface area contributed by atoms with E-state index in [2.05, 4.69) is 82.7 Å². The van der Waals surface area contributed by atoms with Crippen molar-refractivity contribution in [2.75, 3.05) is 13.2 Å². The van der Waals surface area contributed by atoms with Crippen LogP contribution in [0.25, 0.3) is 0 Å². The molecule has 1 saturated heterocycles. The van der Waals surface area contributed by atoms with Gasteiger partial charge >= 0.3 is 0 Å². The summed E-state index contributed by atoms with van der Waals surface area (Å²) in [5, 5.41) is 2.86. The van der Waals surface area contributed by atoms with Crippen molar-refractivity contribution in [2.45, 2.75) is 11.6 Å². The highest BCUT2D eigenvalue weighted by Crippen LogP contribution is 2.41. The summed E-state index contributed by atoms with van der Waals surface area (Å²) in [6, 6.07) is 31.4. The van der Waals surface area contributed by atoms with Gasteiger partial charge in [-0.3, -0.25) is 4.79 Å². The highest BCUT2D eigenvalue weighted by Gasteiger charge is 2.38. The second kappa shape index (κ2) is 8.20. The molecule has 1 fully saturated rings. The molecule has 1 amide bonds. The van der Waals surface area contributed by atoms with Gasteiger partial charge in [0, 0.05) is 12.7 Å². The highest BCUT2D eigenvalue weighted by molar-refractivity contribution is 5.77. The summed E-state index contributed by atoms with van der Waals surface area (Å²) >= 11 is 0. The van der Waals surface area contributed by atoms with E-state index in [0.29, 0.717) is 6.54 Å². The molecule has 1 atom stereocenters. The number of carbonyl (C=O) groups excluding carboxylic acids is 1. The summed E-state index contributed by atoms with van der Waals surface area (Å²) in [5.41, 5.74) is 3.59. The molecule has 0 aliphatic carbocycles. The van der Waals surface area contributed by atoms with E-state index in [9.17, 15) is 4.79 Å². The molecule has 0 radical (unpaired) electrons. The fourth-order valence-corrected chi connectivity index (χ4v) is 4.36. The lowest BCUT2D eigenvalue weighted by Crippen LogP contribution is -2.39. The van der Waals surface area contributed by atoms with Gasteiger partial charge in [-0.05, 0) is 16.7 Å². The monoisotopic (exact) mass is 409 g/mol. The topological polar surface area (TPSA) is 56.2 Å². The number of carbonyl (C=O) groups is 1. The average Bonchev–Trinajstić information content (AvgIpc) is 3.33. The van der Waals surface area contributed by atoms with Crippen LogP contribution in [0.2, 0.25) is 0 Å². The van der Waals surface area contributed by atoms with Crippen LogP contribution in [0, 0.1) is 0 Å². The largest absolute Gasteiger partial charge is 0.360 e. The van der Waals surface area contributed by atoms with Crippen LogP contribution in [0.15, 0.2) is 104 Å². The van der Waals surface area contributed by atoms with Crippen LogP contribution in [-0.2, 0) is 15.1 Å². The zero-order valence-electron chi connectivity index (χ0n) is 17.0. The van der Waals surface area contributed by atoms with E-state index in [1.54, 1.807) is 0 Å². The second-order valence-electron chi connectivity index (χ2n) is 7.62. The quantitative estimate of drug-likeness (QED) is 0.509. The fraction of sp³-hybridized carbons (Fsp3) is 0.154. The average molecular weight is 409 g/mol. The van der Waals surface area contributed by atoms with Gasteiger partial charge in [0.2, 0.25) is 5.91 Å². The number of nitrogens with one attached hydrogen (secondary N) is 1. The van der Waals surface area contributed by atoms with Crippen LogP contribution in [-0.4, -0.2) is 28.6 Å². The molecule has 154 valence electrons. The Hall–Kier alpha value is -3.70. The number of aromatic nitrogens is 2. The predicted molar refractivity (Wildman–Crippen MR) is 119 cm³/mol. The summed E-state index contributed by atoms with van der Waals surface area (Å²) in [6.45, 7) is 0.476. The van der Waals surface area contributed by atoms with Crippen molar-refractivity contribution in [3.63, 3.8) is 0 Å². The number of benzene rings is 3. The zero-order valence-corrected chi connectivity index (χ0v) is 17.0. The van der Waals surface area contributed by atoms with Gasteiger partial charge in [-0.2, -0.15) is 0 Å². The molecule has 5 nitrogen and oxygen atoms in total. The van der Waals surface area contributed by atoms with Crippen LogP contribution in [0.4, 0.5) is 0 Å². The van der Waals surface area contributed by atoms with E-state index in [4.69, 9.17) is 9.72 Å². The second-order valence-corrected chi connectivity index (χ2v) is 7.62. The van der Waals surface area contributed by atoms with Crippen molar-refractivity contribution < 1.29 is 9.53 Å². The lowest BCUT2D eigenvalue weighted by Gasteiger charge is -2.37. The zero-order chi connectivity index (χ0) is 21.1. The van der Waals surface area contributed by atoms with Gasteiger partial charge in [-0.25, -0.2) is 4.98 Å². The van der Waals surface area contributed by atoms with Gasteiger partial charge in [-0.1, -0.05) is 91.0 Å². The van der Waals surface area contributed by atoms with Crippen molar-refractivity contribution in [1.82, 2.24) is 14.9 Å². The molecule has 1 aliphatic heterocycles. The Kier molecular flexibility index (Phi) is 5.10. The van der Waals surface area contributed by atoms with E-state index in [1.165, 1.54) is 0 Å². The Bertz CT molecular complexity index is 1050. The molecule has 0 bridgehead atoms. The molecule has 3 aromatic carbocycles. The van der Waals surface area contributed by atoms with E-state index in [0.717, 1.165) is 22.4 Å². The predicted octanol–water partition coefficient (Wildman–Crippen LogP) is 3.91. The Morgan fingerprint density at radius 1 is 0.839 bits per heavy atom. The molecule has 5 rings (SSSR count). The summed E-state index contributed by atoms with van der Waals surface area (Å²) in [4.78, 5) is 16.2. The molecule has 31 heavy (non-hydrogen) atoms. The standard InChI is InChI=1S/C26H23N3O2/c30-25-18-31-24(16-27-25)23-17-29(19-28-23)26(20-10-4-1-5-11-20,21-12-6-2-7-13-21)22-14-8-3-9-15-22/h1-15,17,19,24H,16,18H2,(H,27,30). The van der Waals surface area contributed by atoms with Gasteiger partial charge < -0.3 is 14.6 Å².